The van der Waals surface area contributed by atoms with Gasteiger partial charge in [0.2, 0.25) is 6.39 Å². The lowest BCUT2D eigenvalue weighted by Gasteiger charge is -2.13. The Morgan fingerprint density at radius 1 is 1.00 bits per heavy atom. The van der Waals surface area contributed by atoms with E-state index in [0.29, 0.717) is 17.5 Å². The summed E-state index contributed by atoms with van der Waals surface area (Å²) in [5.74, 6) is 0.709. The number of benzene rings is 1. The monoisotopic (exact) mass is 355 g/mol. The summed E-state index contributed by atoms with van der Waals surface area (Å²) in [5.41, 5.74) is 5.68. The molecule has 27 heavy (non-hydrogen) atoms. The van der Waals surface area contributed by atoms with Crippen LogP contribution >= 0.6 is 0 Å². The predicted octanol–water partition coefficient (Wildman–Crippen LogP) is 4.72. The Hall–Kier alpha value is -3.54. The minimum atomic E-state index is 0.311. The van der Waals surface area contributed by atoms with Gasteiger partial charge in [-0.2, -0.15) is 0 Å². The summed E-state index contributed by atoms with van der Waals surface area (Å²) in [6.07, 6.45) is 3.21. The Balaban J connectivity index is 1.84. The maximum Gasteiger partial charge on any atom is 0.267 e. The molecule has 0 saturated heterocycles. The highest BCUT2D eigenvalue weighted by Crippen LogP contribution is 2.32. The van der Waals surface area contributed by atoms with Gasteiger partial charge in [0.1, 0.15) is 17.0 Å². The van der Waals surface area contributed by atoms with Crippen molar-refractivity contribution < 1.29 is 4.42 Å². The molecular weight excluding hydrogens is 338 g/mol. The van der Waals surface area contributed by atoms with Gasteiger partial charge in [-0.15, -0.1) is 10.2 Å². The summed E-state index contributed by atoms with van der Waals surface area (Å²) in [5, 5.41) is 8.78. The van der Waals surface area contributed by atoms with Gasteiger partial charge in [-0.05, 0) is 35.2 Å². The molecule has 0 atom stereocenters. The van der Waals surface area contributed by atoms with Gasteiger partial charge in [0.05, 0.1) is 0 Å². The third-order valence-corrected chi connectivity index (χ3v) is 4.67. The Kier molecular flexibility index (Phi) is 3.50. The molecular formula is C21H17N5O. The van der Waals surface area contributed by atoms with E-state index in [1.807, 2.05) is 22.7 Å². The number of hydrogen-bond acceptors (Lipinski definition) is 5. The average Bonchev–Trinajstić information content (AvgIpc) is 3.37. The normalized spacial score (nSPS) is 11.7. The molecule has 5 aromatic rings. The van der Waals surface area contributed by atoms with Crippen LogP contribution in [0.15, 0.2) is 65.5 Å². The van der Waals surface area contributed by atoms with Crippen molar-refractivity contribution in [3.05, 3.63) is 66.8 Å². The van der Waals surface area contributed by atoms with Crippen LogP contribution in [0.25, 0.3) is 39.4 Å². The molecule has 6 heteroatoms. The zero-order valence-corrected chi connectivity index (χ0v) is 15.0. The van der Waals surface area contributed by atoms with Gasteiger partial charge < -0.3 is 4.42 Å². The molecule has 0 unspecified atom stereocenters. The van der Waals surface area contributed by atoms with E-state index in [9.17, 15) is 0 Å². The van der Waals surface area contributed by atoms with Crippen LogP contribution < -0.4 is 0 Å². The molecule has 4 heterocycles. The number of hydrogen-bond donors (Lipinski definition) is 0. The third kappa shape index (κ3) is 2.57. The van der Waals surface area contributed by atoms with Gasteiger partial charge in [-0.1, -0.05) is 44.2 Å². The number of aromatic nitrogens is 5. The first-order valence-corrected chi connectivity index (χ1v) is 8.85. The van der Waals surface area contributed by atoms with Crippen molar-refractivity contribution in [1.82, 2.24) is 24.6 Å². The molecule has 0 amide bonds. The van der Waals surface area contributed by atoms with Crippen molar-refractivity contribution in [1.29, 1.82) is 0 Å². The molecule has 1 aromatic carbocycles. The molecule has 0 spiro atoms. The Morgan fingerprint density at radius 2 is 1.85 bits per heavy atom. The lowest BCUT2D eigenvalue weighted by Crippen LogP contribution is -1.99. The molecule has 0 N–H and O–H groups in total. The van der Waals surface area contributed by atoms with E-state index in [1.165, 1.54) is 17.5 Å². The minimum absolute atomic E-state index is 0.311. The SMILES string of the molecule is CC(C)c1cc(-c2ccccc2)c2ccc3nc(-c4nnco4)cn3c2n1. The average molecular weight is 355 g/mol. The standard InChI is InChI=1S/C21H17N5O/c1-13(2)17-10-16(14-6-4-3-5-7-14)15-8-9-19-23-18(21-25-22-12-27-21)11-26(19)20(15)24-17/h3-13H,1-2H3. The summed E-state index contributed by atoms with van der Waals surface area (Å²) >= 11 is 0. The first kappa shape index (κ1) is 15.7. The summed E-state index contributed by atoms with van der Waals surface area (Å²) in [4.78, 5) is 9.55. The summed E-state index contributed by atoms with van der Waals surface area (Å²) in [7, 11) is 0. The molecule has 5 rings (SSSR count). The van der Waals surface area contributed by atoms with E-state index in [4.69, 9.17) is 9.40 Å². The number of imidazole rings is 1. The molecule has 132 valence electrons. The van der Waals surface area contributed by atoms with E-state index < -0.39 is 0 Å². The summed E-state index contributed by atoms with van der Waals surface area (Å²) < 4.78 is 7.29. The molecule has 0 aliphatic rings. The summed E-state index contributed by atoms with van der Waals surface area (Å²) in [6.45, 7) is 4.31. The molecule has 0 radical (unpaired) electrons. The topological polar surface area (TPSA) is 69.1 Å². The fourth-order valence-electron chi connectivity index (χ4n) is 3.29. The lowest BCUT2D eigenvalue weighted by molar-refractivity contribution is 0.567. The van der Waals surface area contributed by atoms with Crippen molar-refractivity contribution in [2.24, 2.45) is 0 Å². The predicted molar refractivity (Wildman–Crippen MR) is 103 cm³/mol. The first-order valence-electron chi connectivity index (χ1n) is 8.85. The van der Waals surface area contributed by atoms with Gasteiger partial charge in [-0.3, -0.25) is 4.40 Å². The highest BCUT2D eigenvalue weighted by Gasteiger charge is 2.15. The van der Waals surface area contributed by atoms with Crippen molar-refractivity contribution in [2.45, 2.75) is 19.8 Å². The maximum absolute atomic E-state index is 5.30. The Morgan fingerprint density at radius 3 is 2.59 bits per heavy atom. The highest BCUT2D eigenvalue weighted by atomic mass is 16.4. The van der Waals surface area contributed by atoms with Crippen LogP contribution in [0.1, 0.15) is 25.5 Å². The quantitative estimate of drug-likeness (QED) is 0.468. The van der Waals surface area contributed by atoms with Crippen molar-refractivity contribution in [2.75, 3.05) is 0 Å². The highest BCUT2D eigenvalue weighted by molar-refractivity contribution is 5.94. The van der Waals surface area contributed by atoms with Crippen LogP contribution in [0.5, 0.6) is 0 Å². The van der Waals surface area contributed by atoms with Crippen molar-refractivity contribution >= 4 is 16.7 Å². The molecule has 0 aliphatic heterocycles. The number of rotatable bonds is 3. The molecule has 0 bridgehead atoms. The van der Waals surface area contributed by atoms with Crippen LogP contribution in [0.3, 0.4) is 0 Å². The smallest absolute Gasteiger partial charge is 0.267 e. The van der Waals surface area contributed by atoms with Crippen LogP contribution in [0.2, 0.25) is 0 Å². The van der Waals surface area contributed by atoms with Gasteiger partial charge >= 0.3 is 0 Å². The fourth-order valence-corrected chi connectivity index (χ4v) is 3.29. The zero-order chi connectivity index (χ0) is 18.4. The summed E-state index contributed by atoms with van der Waals surface area (Å²) in [6, 6.07) is 16.6. The molecule has 4 aromatic heterocycles. The Bertz CT molecular complexity index is 1240. The number of fused-ring (bicyclic) bond motifs is 3. The van der Waals surface area contributed by atoms with Crippen molar-refractivity contribution in [3.8, 4) is 22.7 Å². The largest absolute Gasteiger partial charge is 0.422 e. The van der Waals surface area contributed by atoms with E-state index in [2.05, 4.69) is 65.4 Å². The molecule has 0 saturated carbocycles. The van der Waals surface area contributed by atoms with E-state index in [-0.39, 0.29) is 0 Å². The maximum atomic E-state index is 5.30. The fraction of sp³-hybridized carbons (Fsp3) is 0.143. The van der Waals surface area contributed by atoms with Crippen molar-refractivity contribution in [3.63, 3.8) is 0 Å². The van der Waals surface area contributed by atoms with Crippen LogP contribution in [-0.2, 0) is 0 Å². The minimum Gasteiger partial charge on any atom is -0.422 e. The van der Waals surface area contributed by atoms with Crippen LogP contribution in [0, 0.1) is 0 Å². The van der Waals surface area contributed by atoms with Crippen LogP contribution in [-0.4, -0.2) is 24.6 Å². The van der Waals surface area contributed by atoms with Gasteiger partial charge in [0.15, 0.2) is 0 Å². The third-order valence-electron chi connectivity index (χ3n) is 4.67. The van der Waals surface area contributed by atoms with Gasteiger partial charge in [0, 0.05) is 17.3 Å². The Labute approximate surface area is 155 Å². The van der Waals surface area contributed by atoms with Crippen LogP contribution in [0.4, 0.5) is 0 Å². The van der Waals surface area contributed by atoms with E-state index in [0.717, 1.165) is 22.4 Å². The second-order valence-electron chi connectivity index (χ2n) is 6.78. The van der Waals surface area contributed by atoms with Gasteiger partial charge in [-0.25, -0.2) is 9.97 Å². The first-order chi connectivity index (χ1) is 13.2. The second-order valence-corrected chi connectivity index (χ2v) is 6.78. The lowest BCUT2D eigenvalue weighted by atomic mass is 9.99. The second kappa shape index (κ2) is 6.02. The number of pyridine rings is 2. The van der Waals surface area contributed by atoms with E-state index >= 15 is 0 Å². The molecule has 0 fully saturated rings. The van der Waals surface area contributed by atoms with E-state index in [1.54, 1.807) is 0 Å². The zero-order valence-electron chi connectivity index (χ0n) is 15.0. The number of nitrogens with zero attached hydrogens (tertiary/aromatic N) is 5. The molecule has 0 aliphatic carbocycles. The van der Waals surface area contributed by atoms with Gasteiger partial charge in [0.25, 0.3) is 5.89 Å². The molecule has 6 nitrogen and oxygen atoms in total.